The average molecular weight is 277 g/mol. The Morgan fingerprint density at radius 2 is 2.00 bits per heavy atom. The van der Waals surface area contributed by atoms with Crippen molar-refractivity contribution in [1.29, 1.82) is 0 Å². The number of aromatic nitrogens is 3. The molecule has 2 aromatic heterocycles. The van der Waals surface area contributed by atoms with E-state index in [9.17, 15) is 0 Å². The third-order valence-corrected chi connectivity index (χ3v) is 3.76. The van der Waals surface area contributed by atoms with Gasteiger partial charge in [-0.05, 0) is 13.5 Å². The van der Waals surface area contributed by atoms with Gasteiger partial charge in [0.05, 0.1) is 17.7 Å². The number of rotatable bonds is 6. The number of thiazole rings is 1. The summed E-state index contributed by atoms with van der Waals surface area (Å²) >= 11 is 1.67. The van der Waals surface area contributed by atoms with Crippen molar-refractivity contribution in [2.45, 2.75) is 26.9 Å². The van der Waals surface area contributed by atoms with Gasteiger partial charge in [-0.15, -0.1) is 11.3 Å². The number of hydrogen-bond acceptors (Lipinski definition) is 6. The molecule has 2 rings (SSSR count). The molecule has 1 N–H and O–H groups in total. The first kappa shape index (κ1) is 13.9. The van der Waals surface area contributed by atoms with Crippen molar-refractivity contribution < 1.29 is 0 Å². The summed E-state index contributed by atoms with van der Waals surface area (Å²) in [6.07, 6.45) is 3.75. The van der Waals surface area contributed by atoms with Gasteiger partial charge in [-0.3, -0.25) is 0 Å². The second kappa shape index (κ2) is 6.58. The molecule has 0 aromatic carbocycles. The van der Waals surface area contributed by atoms with E-state index in [0.717, 1.165) is 36.8 Å². The van der Waals surface area contributed by atoms with Crippen LogP contribution >= 0.6 is 11.3 Å². The van der Waals surface area contributed by atoms with Gasteiger partial charge in [0.25, 0.3) is 0 Å². The van der Waals surface area contributed by atoms with E-state index < -0.39 is 0 Å². The molecule has 0 aliphatic carbocycles. The van der Waals surface area contributed by atoms with Crippen molar-refractivity contribution in [3.05, 3.63) is 34.0 Å². The molecule has 0 bridgehead atoms. The molecule has 6 heteroatoms. The van der Waals surface area contributed by atoms with E-state index in [0.29, 0.717) is 0 Å². The quantitative estimate of drug-likeness (QED) is 0.875. The molecule has 0 unspecified atom stereocenters. The summed E-state index contributed by atoms with van der Waals surface area (Å²) in [4.78, 5) is 16.3. The molecule has 0 saturated carbocycles. The highest BCUT2D eigenvalue weighted by molar-refractivity contribution is 7.09. The van der Waals surface area contributed by atoms with Gasteiger partial charge < -0.3 is 10.2 Å². The molecule has 5 nitrogen and oxygen atoms in total. The Kier molecular flexibility index (Phi) is 4.81. The zero-order valence-electron chi connectivity index (χ0n) is 11.6. The smallest absolute Gasteiger partial charge is 0.225 e. The highest BCUT2D eigenvalue weighted by Crippen LogP contribution is 2.16. The molecule has 0 radical (unpaired) electrons. The van der Waals surface area contributed by atoms with Gasteiger partial charge in [0.1, 0.15) is 0 Å². The van der Waals surface area contributed by atoms with E-state index in [2.05, 4.69) is 27.2 Å². The van der Waals surface area contributed by atoms with Crippen LogP contribution in [0.4, 0.5) is 5.95 Å². The highest BCUT2D eigenvalue weighted by Gasteiger charge is 2.08. The summed E-state index contributed by atoms with van der Waals surface area (Å²) in [7, 11) is 2.00. The first-order valence-corrected chi connectivity index (χ1v) is 7.20. The summed E-state index contributed by atoms with van der Waals surface area (Å²) < 4.78 is 0. The lowest BCUT2D eigenvalue weighted by atomic mass is 10.3. The van der Waals surface area contributed by atoms with Crippen LogP contribution in [0.15, 0.2) is 17.9 Å². The SMILES string of the molecule is CCNCc1cnc(N(C)Cc2scnc2C)nc1. The minimum absolute atomic E-state index is 0.744. The number of nitrogens with zero attached hydrogens (tertiary/aromatic N) is 4. The molecular formula is C13H19N5S. The van der Waals surface area contributed by atoms with Crippen LogP contribution in [0.5, 0.6) is 0 Å². The van der Waals surface area contributed by atoms with Crippen molar-refractivity contribution >= 4 is 17.3 Å². The Labute approximate surface area is 117 Å². The minimum Gasteiger partial charge on any atom is -0.339 e. The predicted octanol–water partition coefficient (Wildman–Crippen LogP) is 1.99. The van der Waals surface area contributed by atoms with Crippen LogP contribution in [-0.2, 0) is 13.1 Å². The fourth-order valence-electron chi connectivity index (χ4n) is 1.67. The third kappa shape index (κ3) is 3.71. The Morgan fingerprint density at radius 1 is 1.26 bits per heavy atom. The number of nitrogens with one attached hydrogen (secondary N) is 1. The van der Waals surface area contributed by atoms with Crippen molar-refractivity contribution in [2.24, 2.45) is 0 Å². The summed E-state index contributed by atoms with van der Waals surface area (Å²) in [5.74, 6) is 0.744. The van der Waals surface area contributed by atoms with E-state index in [1.54, 1.807) is 11.3 Å². The molecule has 0 fully saturated rings. The van der Waals surface area contributed by atoms with E-state index >= 15 is 0 Å². The van der Waals surface area contributed by atoms with E-state index in [4.69, 9.17) is 0 Å². The molecule has 2 aromatic rings. The van der Waals surface area contributed by atoms with Gasteiger partial charge in [0.2, 0.25) is 5.95 Å². The van der Waals surface area contributed by atoms with Crippen molar-refractivity contribution in [3.63, 3.8) is 0 Å². The van der Waals surface area contributed by atoms with Crippen LogP contribution in [0.2, 0.25) is 0 Å². The molecule has 0 amide bonds. The van der Waals surface area contributed by atoms with Crippen LogP contribution in [-0.4, -0.2) is 28.5 Å². The Hall–Kier alpha value is -1.53. The molecule has 19 heavy (non-hydrogen) atoms. The molecule has 0 spiro atoms. The van der Waals surface area contributed by atoms with Crippen LogP contribution in [0.1, 0.15) is 23.1 Å². The van der Waals surface area contributed by atoms with Gasteiger partial charge in [-0.2, -0.15) is 0 Å². The van der Waals surface area contributed by atoms with Crippen LogP contribution in [0.3, 0.4) is 0 Å². The molecule has 102 valence electrons. The summed E-state index contributed by atoms with van der Waals surface area (Å²) in [6, 6.07) is 0. The second-order valence-corrected chi connectivity index (χ2v) is 5.33. The molecular weight excluding hydrogens is 258 g/mol. The van der Waals surface area contributed by atoms with E-state index in [1.807, 2.05) is 36.8 Å². The lowest BCUT2D eigenvalue weighted by Crippen LogP contribution is -2.19. The standard InChI is InChI=1S/C13H19N5S/c1-4-14-5-11-6-15-13(16-7-11)18(3)8-12-10(2)17-9-19-12/h6-7,9,14H,4-5,8H2,1-3H3. The highest BCUT2D eigenvalue weighted by atomic mass is 32.1. The monoisotopic (exact) mass is 277 g/mol. The zero-order chi connectivity index (χ0) is 13.7. The Morgan fingerprint density at radius 3 is 2.58 bits per heavy atom. The number of hydrogen-bond donors (Lipinski definition) is 1. The van der Waals surface area contributed by atoms with Gasteiger partial charge in [0.15, 0.2) is 0 Å². The fourth-order valence-corrected chi connectivity index (χ4v) is 2.50. The summed E-state index contributed by atoms with van der Waals surface area (Å²) in [5, 5.41) is 3.26. The fraction of sp³-hybridized carbons (Fsp3) is 0.462. The first-order chi connectivity index (χ1) is 9.20. The predicted molar refractivity (Wildman–Crippen MR) is 78.4 cm³/mol. The number of anilines is 1. The summed E-state index contributed by atoms with van der Waals surface area (Å²) in [6.45, 7) is 6.67. The Bertz CT molecular complexity index is 508. The van der Waals surface area contributed by atoms with E-state index in [-0.39, 0.29) is 0 Å². The molecule has 0 aliphatic rings. The van der Waals surface area contributed by atoms with Crippen LogP contribution in [0.25, 0.3) is 0 Å². The van der Waals surface area contributed by atoms with Crippen LogP contribution < -0.4 is 10.2 Å². The topological polar surface area (TPSA) is 53.9 Å². The lowest BCUT2D eigenvalue weighted by Gasteiger charge is -2.16. The summed E-state index contributed by atoms with van der Waals surface area (Å²) in [5.41, 5.74) is 4.06. The number of aryl methyl sites for hydroxylation is 1. The second-order valence-electron chi connectivity index (χ2n) is 4.39. The lowest BCUT2D eigenvalue weighted by molar-refractivity contribution is 0.719. The largest absolute Gasteiger partial charge is 0.339 e. The van der Waals surface area contributed by atoms with Crippen molar-refractivity contribution in [1.82, 2.24) is 20.3 Å². The van der Waals surface area contributed by atoms with Gasteiger partial charge in [-0.1, -0.05) is 6.92 Å². The third-order valence-electron chi connectivity index (χ3n) is 2.84. The van der Waals surface area contributed by atoms with Crippen molar-refractivity contribution in [3.8, 4) is 0 Å². The maximum absolute atomic E-state index is 4.40. The van der Waals surface area contributed by atoms with Gasteiger partial charge in [0, 0.05) is 36.4 Å². The van der Waals surface area contributed by atoms with Crippen LogP contribution in [0, 0.1) is 6.92 Å². The first-order valence-electron chi connectivity index (χ1n) is 6.32. The Balaban J connectivity index is 1.99. The molecule has 0 atom stereocenters. The van der Waals surface area contributed by atoms with Gasteiger partial charge in [-0.25, -0.2) is 15.0 Å². The normalized spacial score (nSPS) is 10.7. The maximum atomic E-state index is 4.40. The van der Waals surface area contributed by atoms with Crippen molar-refractivity contribution in [2.75, 3.05) is 18.5 Å². The zero-order valence-corrected chi connectivity index (χ0v) is 12.4. The molecule has 0 aliphatic heterocycles. The average Bonchev–Trinajstić information content (AvgIpc) is 2.82. The van der Waals surface area contributed by atoms with E-state index in [1.165, 1.54) is 4.88 Å². The maximum Gasteiger partial charge on any atom is 0.225 e. The minimum atomic E-state index is 0.744. The molecule has 2 heterocycles. The van der Waals surface area contributed by atoms with Gasteiger partial charge >= 0.3 is 0 Å². The molecule has 0 saturated heterocycles.